The number of hydrogen-bond donors (Lipinski definition) is 1. The first-order valence-corrected chi connectivity index (χ1v) is 7.22. The van der Waals surface area contributed by atoms with Crippen LogP contribution in [0.5, 0.6) is 0 Å². The first kappa shape index (κ1) is 13.5. The van der Waals surface area contributed by atoms with Gasteiger partial charge in [-0.15, -0.1) is 0 Å². The molecule has 0 radical (unpaired) electrons. The topological polar surface area (TPSA) is 54.4 Å². The van der Waals surface area contributed by atoms with Crippen LogP contribution in [0.25, 0.3) is 0 Å². The second-order valence-electron chi connectivity index (χ2n) is 5.09. The summed E-state index contributed by atoms with van der Waals surface area (Å²) in [5, 5.41) is 0. The lowest BCUT2D eigenvalue weighted by Crippen LogP contribution is -2.11. The number of rotatable bonds is 5. The standard InChI is InChI=1S/C12H20O3S/c1-12(2)8-5-7-11(10-12)6-3-4-9-16(13,14)15/h5,7-8H,3-4,6,9-10H2,1-2H3,(H,13,14,15). The van der Waals surface area contributed by atoms with Crippen molar-refractivity contribution in [3.8, 4) is 0 Å². The fourth-order valence-corrected chi connectivity index (χ4v) is 2.52. The van der Waals surface area contributed by atoms with Crippen LogP contribution in [0.2, 0.25) is 0 Å². The van der Waals surface area contributed by atoms with Crippen molar-refractivity contribution in [1.82, 2.24) is 0 Å². The van der Waals surface area contributed by atoms with Gasteiger partial charge in [0.05, 0.1) is 5.75 Å². The molecule has 0 saturated heterocycles. The van der Waals surface area contributed by atoms with Crippen LogP contribution < -0.4 is 0 Å². The zero-order chi connectivity index (χ0) is 12.2. The maximum absolute atomic E-state index is 10.5. The molecule has 0 aromatic carbocycles. The zero-order valence-electron chi connectivity index (χ0n) is 9.94. The highest BCUT2D eigenvalue weighted by molar-refractivity contribution is 7.85. The smallest absolute Gasteiger partial charge is 0.264 e. The molecule has 4 heteroatoms. The molecule has 0 aromatic rings. The fraction of sp³-hybridized carbons (Fsp3) is 0.667. The summed E-state index contributed by atoms with van der Waals surface area (Å²) in [7, 11) is -3.78. The van der Waals surface area contributed by atoms with Gasteiger partial charge in [0, 0.05) is 0 Å². The van der Waals surface area contributed by atoms with Gasteiger partial charge in [0.15, 0.2) is 0 Å². The Bertz CT molecular complexity index is 388. The minimum atomic E-state index is -3.78. The molecule has 0 aliphatic heterocycles. The molecular weight excluding hydrogens is 224 g/mol. The Morgan fingerprint density at radius 3 is 2.62 bits per heavy atom. The summed E-state index contributed by atoms with van der Waals surface area (Å²) < 4.78 is 29.6. The van der Waals surface area contributed by atoms with Gasteiger partial charge in [-0.05, 0) is 31.1 Å². The van der Waals surface area contributed by atoms with Crippen molar-refractivity contribution in [3.05, 3.63) is 23.8 Å². The summed E-state index contributed by atoms with van der Waals surface area (Å²) in [6.45, 7) is 4.38. The van der Waals surface area contributed by atoms with Crippen molar-refractivity contribution >= 4 is 10.1 Å². The van der Waals surface area contributed by atoms with E-state index in [2.05, 4.69) is 32.1 Å². The lowest BCUT2D eigenvalue weighted by atomic mass is 9.81. The summed E-state index contributed by atoms with van der Waals surface area (Å²) in [4.78, 5) is 0. The van der Waals surface area contributed by atoms with Gasteiger partial charge in [-0.3, -0.25) is 4.55 Å². The summed E-state index contributed by atoms with van der Waals surface area (Å²) in [5.41, 5.74) is 1.58. The third-order valence-electron chi connectivity index (χ3n) is 2.71. The van der Waals surface area contributed by atoms with Crippen LogP contribution in [-0.4, -0.2) is 18.7 Å². The minimum absolute atomic E-state index is 0.125. The predicted molar refractivity (Wildman–Crippen MR) is 65.9 cm³/mol. The molecule has 0 bridgehead atoms. The third-order valence-corrected chi connectivity index (χ3v) is 3.52. The average Bonchev–Trinajstić information content (AvgIpc) is 2.09. The highest BCUT2D eigenvalue weighted by Crippen LogP contribution is 2.32. The summed E-state index contributed by atoms with van der Waals surface area (Å²) in [6.07, 6.45) is 9.67. The lowest BCUT2D eigenvalue weighted by Gasteiger charge is -2.25. The molecule has 1 N–H and O–H groups in total. The van der Waals surface area contributed by atoms with E-state index in [-0.39, 0.29) is 11.2 Å². The normalized spacial score (nSPS) is 19.6. The highest BCUT2D eigenvalue weighted by atomic mass is 32.2. The second-order valence-corrected chi connectivity index (χ2v) is 6.66. The summed E-state index contributed by atoms with van der Waals surface area (Å²) in [5.74, 6) is -0.125. The van der Waals surface area contributed by atoms with Crippen LogP contribution in [0.1, 0.15) is 39.5 Å². The highest BCUT2D eigenvalue weighted by Gasteiger charge is 2.18. The first-order chi connectivity index (χ1) is 7.29. The Balaban J connectivity index is 2.29. The number of unbranched alkanes of at least 4 members (excludes halogenated alkanes) is 1. The summed E-state index contributed by atoms with van der Waals surface area (Å²) in [6, 6.07) is 0. The van der Waals surface area contributed by atoms with Crippen LogP contribution in [0.4, 0.5) is 0 Å². The van der Waals surface area contributed by atoms with Crippen molar-refractivity contribution in [2.75, 3.05) is 5.75 Å². The van der Waals surface area contributed by atoms with Crippen molar-refractivity contribution in [2.45, 2.75) is 39.5 Å². The molecule has 92 valence electrons. The number of allylic oxidation sites excluding steroid dienone is 4. The van der Waals surface area contributed by atoms with E-state index in [1.54, 1.807) is 0 Å². The first-order valence-electron chi connectivity index (χ1n) is 5.61. The maximum Gasteiger partial charge on any atom is 0.264 e. The SMILES string of the molecule is CC1(C)C=CC=C(CCCCS(=O)(=O)O)C1. The molecule has 0 unspecified atom stereocenters. The fourth-order valence-electron chi connectivity index (χ4n) is 1.96. The molecule has 3 nitrogen and oxygen atoms in total. The van der Waals surface area contributed by atoms with Crippen LogP contribution >= 0.6 is 0 Å². The van der Waals surface area contributed by atoms with E-state index in [1.807, 2.05) is 0 Å². The maximum atomic E-state index is 10.5. The zero-order valence-corrected chi connectivity index (χ0v) is 10.8. The van der Waals surface area contributed by atoms with Gasteiger partial charge in [-0.25, -0.2) is 0 Å². The Morgan fingerprint density at radius 1 is 1.38 bits per heavy atom. The molecular formula is C12H20O3S. The molecule has 0 amide bonds. The van der Waals surface area contributed by atoms with Crippen LogP contribution in [0.15, 0.2) is 23.8 Å². The monoisotopic (exact) mass is 244 g/mol. The quantitative estimate of drug-likeness (QED) is 0.597. The molecule has 1 aliphatic rings. The second kappa shape index (κ2) is 5.15. The molecule has 0 aromatic heterocycles. The van der Waals surface area contributed by atoms with Gasteiger partial charge in [0.2, 0.25) is 0 Å². The Kier molecular flexibility index (Phi) is 4.33. The largest absolute Gasteiger partial charge is 0.286 e. The molecule has 0 saturated carbocycles. The predicted octanol–water partition coefficient (Wildman–Crippen LogP) is 2.96. The minimum Gasteiger partial charge on any atom is -0.286 e. The van der Waals surface area contributed by atoms with E-state index in [1.165, 1.54) is 5.57 Å². The van der Waals surface area contributed by atoms with E-state index in [0.717, 1.165) is 19.3 Å². The van der Waals surface area contributed by atoms with Crippen molar-refractivity contribution < 1.29 is 13.0 Å². The Hall–Kier alpha value is -0.610. The molecule has 0 fully saturated rings. The molecule has 0 atom stereocenters. The van der Waals surface area contributed by atoms with Gasteiger partial charge in [-0.2, -0.15) is 8.42 Å². The van der Waals surface area contributed by atoms with Gasteiger partial charge in [0.1, 0.15) is 0 Å². The number of hydrogen-bond acceptors (Lipinski definition) is 2. The molecule has 0 spiro atoms. The molecule has 1 aliphatic carbocycles. The van der Waals surface area contributed by atoms with Gasteiger partial charge in [0.25, 0.3) is 10.1 Å². The van der Waals surface area contributed by atoms with Crippen molar-refractivity contribution in [3.63, 3.8) is 0 Å². The van der Waals surface area contributed by atoms with E-state index >= 15 is 0 Å². The van der Waals surface area contributed by atoms with Crippen molar-refractivity contribution in [1.29, 1.82) is 0 Å². The van der Waals surface area contributed by atoms with Crippen molar-refractivity contribution in [2.24, 2.45) is 5.41 Å². The Morgan fingerprint density at radius 2 is 2.06 bits per heavy atom. The van der Waals surface area contributed by atoms with E-state index in [9.17, 15) is 8.42 Å². The average molecular weight is 244 g/mol. The molecule has 1 rings (SSSR count). The van der Waals surface area contributed by atoms with E-state index < -0.39 is 10.1 Å². The van der Waals surface area contributed by atoms with Gasteiger partial charge >= 0.3 is 0 Å². The van der Waals surface area contributed by atoms with Gasteiger partial charge < -0.3 is 0 Å². The van der Waals surface area contributed by atoms with Gasteiger partial charge in [-0.1, -0.05) is 37.6 Å². The van der Waals surface area contributed by atoms with Crippen LogP contribution in [-0.2, 0) is 10.1 Å². The van der Waals surface area contributed by atoms with E-state index in [4.69, 9.17) is 4.55 Å². The molecule has 0 heterocycles. The molecule has 16 heavy (non-hydrogen) atoms. The van der Waals surface area contributed by atoms with Crippen LogP contribution in [0, 0.1) is 5.41 Å². The summed E-state index contributed by atoms with van der Waals surface area (Å²) >= 11 is 0. The van der Waals surface area contributed by atoms with E-state index in [0.29, 0.717) is 6.42 Å². The van der Waals surface area contributed by atoms with Crippen LogP contribution in [0.3, 0.4) is 0 Å². The third kappa shape index (κ3) is 5.47. The lowest BCUT2D eigenvalue weighted by molar-refractivity contribution is 0.457. The Labute approximate surface area is 98.0 Å².